The molecule has 0 aliphatic heterocycles. The smallest absolute Gasteiger partial charge is 0.245 e. The van der Waals surface area contributed by atoms with Crippen molar-refractivity contribution in [2.24, 2.45) is 0 Å². The average Bonchev–Trinajstić information content (AvgIpc) is 2.63. The molecule has 0 aliphatic carbocycles. The maximum atomic E-state index is 13.8. The molecule has 0 aliphatic rings. The standard InChI is InChI=1S/C17H18F3NO4S/c1-21(9-8-11-4-6-13(24-2)14(10-11)25-3)26(22,23)15-7-5-12(18)16(19)17(15)20/h4-7,10H,8-9H2,1-3H3. The highest BCUT2D eigenvalue weighted by molar-refractivity contribution is 7.89. The summed E-state index contributed by atoms with van der Waals surface area (Å²) in [4.78, 5) is -0.911. The quantitative estimate of drug-likeness (QED) is 0.684. The van der Waals surface area contributed by atoms with Crippen LogP contribution in [0.4, 0.5) is 13.2 Å². The summed E-state index contributed by atoms with van der Waals surface area (Å²) in [6.45, 7) is -0.00372. The molecule has 0 heterocycles. The van der Waals surface area contributed by atoms with Gasteiger partial charge in [0, 0.05) is 13.6 Å². The Morgan fingerprint density at radius 3 is 2.23 bits per heavy atom. The lowest BCUT2D eigenvalue weighted by Gasteiger charge is -2.18. The number of ether oxygens (including phenoxy) is 2. The molecule has 5 nitrogen and oxygen atoms in total. The predicted octanol–water partition coefficient (Wildman–Crippen LogP) is 2.98. The van der Waals surface area contributed by atoms with Gasteiger partial charge in [0.05, 0.1) is 14.2 Å². The molecule has 0 unspecified atom stereocenters. The molecule has 0 saturated heterocycles. The summed E-state index contributed by atoms with van der Waals surface area (Å²) in [5, 5.41) is 0. The molecule has 0 spiro atoms. The minimum absolute atomic E-state index is 0.00372. The molecule has 0 N–H and O–H groups in total. The van der Waals surface area contributed by atoms with E-state index in [-0.39, 0.29) is 6.54 Å². The molecule has 142 valence electrons. The van der Waals surface area contributed by atoms with E-state index in [1.807, 2.05) is 0 Å². The fraction of sp³-hybridized carbons (Fsp3) is 0.294. The van der Waals surface area contributed by atoms with E-state index in [0.29, 0.717) is 30.1 Å². The van der Waals surface area contributed by atoms with Crippen LogP contribution in [0.25, 0.3) is 0 Å². The number of hydrogen-bond donors (Lipinski definition) is 0. The van der Waals surface area contributed by atoms with Gasteiger partial charge in [0.2, 0.25) is 10.0 Å². The van der Waals surface area contributed by atoms with Crippen LogP contribution >= 0.6 is 0 Å². The van der Waals surface area contributed by atoms with Crippen LogP contribution < -0.4 is 9.47 Å². The number of sulfonamides is 1. The van der Waals surface area contributed by atoms with E-state index in [1.165, 1.54) is 21.3 Å². The van der Waals surface area contributed by atoms with Crippen molar-refractivity contribution in [3.05, 3.63) is 53.3 Å². The maximum Gasteiger partial charge on any atom is 0.245 e. The van der Waals surface area contributed by atoms with Gasteiger partial charge in [-0.2, -0.15) is 0 Å². The zero-order valence-electron chi connectivity index (χ0n) is 14.4. The molecule has 0 atom stereocenters. The molecular formula is C17H18F3NO4S. The molecule has 2 rings (SSSR count). The van der Waals surface area contributed by atoms with Crippen LogP contribution in [-0.4, -0.2) is 40.5 Å². The van der Waals surface area contributed by atoms with Crippen LogP contribution in [0.3, 0.4) is 0 Å². The summed E-state index contributed by atoms with van der Waals surface area (Å²) >= 11 is 0. The van der Waals surface area contributed by atoms with E-state index in [9.17, 15) is 21.6 Å². The Hall–Kier alpha value is -2.26. The third-order valence-electron chi connectivity index (χ3n) is 3.85. The Bertz CT molecular complexity index is 903. The first-order valence-electron chi connectivity index (χ1n) is 7.53. The third kappa shape index (κ3) is 3.94. The summed E-state index contributed by atoms with van der Waals surface area (Å²) in [5.74, 6) is -3.99. The molecule has 0 aromatic heterocycles. The molecule has 2 aromatic carbocycles. The fourth-order valence-electron chi connectivity index (χ4n) is 2.32. The fourth-order valence-corrected chi connectivity index (χ4v) is 3.54. The van der Waals surface area contributed by atoms with Crippen LogP contribution in [-0.2, 0) is 16.4 Å². The van der Waals surface area contributed by atoms with E-state index >= 15 is 0 Å². The first-order chi connectivity index (χ1) is 12.2. The Labute approximate surface area is 150 Å². The summed E-state index contributed by atoms with van der Waals surface area (Å²) in [6, 6.07) is 6.39. The van der Waals surface area contributed by atoms with Crippen molar-refractivity contribution in [2.75, 3.05) is 27.8 Å². The predicted molar refractivity (Wildman–Crippen MR) is 89.4 cm³/mol. The molecule has 0 amide bonds. The van der Waals surface area contributed by atoms with Gasteiger partial charge in [-0.05, 0) is 36.2 Å². The lowest BCUT2D eigenvalue weighted by atomic mass is 10.1. The van der Waals surface area contributed by atoms with Crippen molar-refractivity contribution in [3.63, 3.8) is 0 Å². The van der Waals surface area contributed by atoms with Gasteiger partial charge in [-0.15, -0.1) is 0 Å². The number of benzene rings is 2. The van der Waals surface area contributed by atoms with Crippen molar-refractivity contribution in [1.82, 2.24) is 4.31 Å². The van der Waals surface area contributed by atoms with Crippen molar-refractivity contribution in [3.8, 4) is 11.5 Å². The highest BCUT2D eigenvalue weighted by Crippen LogP contribution is 2.28. The van der Waals surface area contributed by atoms with Gasteiger partial charge < -0.3 is 9.47 Å². The highest BCUT2D eigenvalue weighted by atomic mass is 32.2. The van der Waals surface area contributed by atoms with Crippen LogP contribution in [0.15, 0.2) is 35.2 Å². The molecule has 0 bridgehead atoms. The average molecular weight is 389 g/mol. The number of nitrogens with zero attached hydrogens (tertiary/aromatic N) is 1. The van der Waals surface area contributed by atoms with Crippen molar-refractivity contribution >= 4 is 10.0 Å². The van der Waals surface area contributed by atoms with Gasteiger partial charge in [-0.1, -0.05) is 6.07 Å². The topological polar surface area (TPSA) is 55.8 Å². The van der Waals surface area contributed by atoms with Crippen LogP contribution in [0.2, 0.25) is 0 Å². The van der Waals surface area contributed by atoms with Gasteiger partial charge in [0.15, 0.2) is 29.0 Å². The molecule has 0 saturated carbocycles. The number of hydrogen-bond acceptors (Lipinski definition) is 4. The maximum absolute atomic E-state index is 13.8. The third-order valence-corrected chi connectivity index (χ3v) is 5.73. The molecule has 26 heavy (non-hydrogen) atoms. The summed E-state index contributed by atoms with van der Waals surface area (Å²) < 4.78 is 76.2. The van der Waals surface area contributed by atoms with Crippen LogP contribution in [0.1, 0.15) is 5.56 Å². The first-order valence-corrected chi connectivity index (χ1v) is 8.97. The Balaban J connectivity index is 2.19. The normalized spacial score (nSPS) is 11.7. The van der Waals surface area contributed by atoms with Crippen LogP contribution in [0, 0.1) is 17.5 Å². The SMILES string of the molecule is COc1ccc(CCN(C)S(=O)(=O)c2ccc(F)c(F)c2F)cc1OC. The van der Waals surface area contributed by atoms with E-state index in [1.54, 1.807) is 18.2 Å². The molecule has 2 aromatic rings. The lowest BCUT2D eigenvalue weighted by Crippen LogP contribution is -2.30. The summed E-state index contributed by atoms with van der Waals surface area (Å²) in [5.41, 5.74) is 0.760. The zero-order valence-corrected chi connectivity index (χ0v) is 15.2. The van der Waals surface area contributed by atoms with Gasteiger partial charge >= 0.3 is 0 Å². The van der Waals surface area contributed by atoms with E-state index in [2.05, 4.69) is 0 Å². The van der Waals surface area contributed by atoms with Gasteiger partial charge in [-0.3, -0.25) is 0 Å². The Kier molecular flexibility index (Phi) is 6.14. The van der Waals surface area contributed by atoms with Gasteiger partial charge in [-0.25, -0.2) is 25.9 Å². The number of methoxy groups -OCH3 is 2. The first kappa shape index (κ1) is 20.1. The van der Waals surface area contributed by atoms with E-state index in [0.717, 1.165) is 9.87 Å². The number of likely N-dealkylation sites (N-methyl/N-ethyl adjacent to an activating group) is 1. The molecule has 0 fully saturated rings. The minimum Gasteiger partial charge on any atom is -0.493 e. The number of rotatable bonds is 7. The molecular weight excluding hydrogens is 371 g/mol. The lowest BCUT2D eigenvalue weighted by molar-refractivity contribution is 0.354. The second-order valence-electron chi connectivity index (χ2n) is 5.44. The van der Waals surface area contributed by atoms with Gasteiger partial charge in [0.1, 0.15) is 4.90 Å². The highest BCUT2D eigenvalue weighted by Gasteiger charge is 2.27. The Morgan fingerprint density at radius 1 is 0.962 bits per heavy atom. The second-order valence-corrected chi connectivity index (χ2v) is 7.45. The van der Waals surface area contributed by atoms with Crippen molar-refractivity contribution in [1.29, 1.82) is 0 Å². The van der Waals surface area contributed by atoms with Crippen molar-refractivity contribution in [2.45, 2.75) is 11.3 Å². The largest absolute Gasteiger partial charge is 0.493 e. The van der Waals surface area contributed by atoms with Crippen molar-refractivity contribution < 1.29 is 31.1 Å². The van der Waals surface area contributed by atoms with E-state index < -0.39 is 32.4 Å². The number of halogens is 3. The van der Waals surface area contributed by atoms with E-state index in [4.69, 9.17) is 9.47 Å². The molecule has 9 heteroatoms. The second kappa shape index (κ2) is 7.96. The van der Waals surface area contributed by atoms with Gasteiger partial charge in [0.25, 0.3) is 0 Å². The van der Waals surface area contributed by atoms with Crippen LogP contribution in [0.5, 0.6) is 11.5 Å². The monoisotopic (exact) mass is 389 g/mol. The molecule has 0 radical (unpaired) electrons. The summed E-state index contributed by atoms with van der Waals surface area (Å²) in [7, 11) is -0.108. The minimum atomic E-state index is -4.31. The Morgan fingerprint density at radius 2 is 1.62 bits per heavy atom. The summed E-state index contributed by atoms with van der Waals surface area (Å²) in [6.07, 6.45) is 0.293. The zero-order chi connectivity index (χ0) is 19.5.